The van der Waals surface area contributed by atoms with Crippen LogP contribution >= 0.6 is 11.6 Å². The van der Waals surface area contributed by atoms with Gasteiger partial charge in [0.2, 0.25) is 0 Å². The van der Waals surface area contributed by atoms with E-state index < -0.39 is 20.5 Å². The fraction of sp³-hybridized carbons (Fsp3) is 0.571. The van der Waals surface area contributed by atoms with Gasteiger partial charge in [-0.2, -0.15) is 0 Å². The molecule has 0 bridgehead atoms. The van der Waals surface area contributed by atoms with Crippen LogP contribution in [0.1, 0.15) is 42.8 Å². The molecule has 1 aromatic carbocycles. The Morgan fingerprint density at radius 1 is 1.22 bits per heavy atom. The lowest BCUT2D eigenvalue weighted by atomic mass is 9.97. The SMILES string of the molecule is CCc1ccc(CC)c(C(Cl)C(C)S(C)(=O)=O)c1. The summed E-state index contributed by atoms with van der Waals surface area (Å²) >= 11 is 6.38. The van der Waals surface area contributed by atoms with Crippen LogP contribution in [0.25, 0.3) is 0 Å². The predicted molar refractivity (Wildman–Crippen MR) is 78.1 cm³/mol. The number of sulfone groups is 1. The largest absolute Gasteiger partial charge is 0.229 e. The zero-order chi connectivity index (χ0) is 13.9. The number of hydrogen-bond acceptors (Lipinski definition) is 2. The van der Waals surface area contributed by atoms with Gasteiger partial charge in [-0.1, -0.05) is 32.0 Å². The van der Waals surface area contributed by atoms with Crippen molar-refractivity contribution in [2.45, 2.75) is 44.2 Å². The van der Waals surface area contributed by atoms with Gasteiger partial charge in [-0.05, 0) is 36.5 Å². The van der Waals surface area contributed by atoms with Crippen molar-refractivity contribution < 1.29 is 8.42 Å². The van der Waals surface area contributed by atoms with Gasteiger partial charge in [0, 0.05) is 6.26 Å². The van der Waals surface area contributed by atoms with Crippen molar-refractivity contribution >= 4 is 21.4 Å². The summed E-state index contributed by atoms with van der Waals surface area (Å²) in [6, 6.07) is 6.17. The third-order valence-electron chi connectivity index (χ3n) is 3.38. The molecule has 1 aromatic rings. The summed E-state index contributed by atoms with van der Waals surface area (Å²) < 4.78 is 23.2. The highest BCUT2D eigenvalue weighted by Gasteiger charge is 2.27. The summed E-state index contributed by atoms with van der Waals surface area (Å²) in [5, 5.41) is -1.06. The normalized spacial score (nSPS) is 15.4. The average Bonchev–Trinajstić information content (AvgIpc) is 2.35. The van der Waals surface area contributed by atoms with Gasteiger partial charge in [-0.25, -0.2) is 8.42 Å². The Morgan fingerprint density at radius 2 is 1.83 bits per heavy atom. The van der Waals surface area contributed by atoms with Crippen LogP contribution in [-0.4, -0.2) is 19.9 Å². The number of hydrogen-bond donors (Lipinski definition) is 0. The van der Waals surface area contributed by atoms with Crippen LogP contribution in [0.4, 0.5) is 0 Å². The first-order chi connectivity index (χ1) is 8.31. The van der Waals surface area contributed by atoms with E-state index in [0.717, 1.165) is 24.0 Å². The molecule has 2 unspecified atom stereocenters. The highest BCUT2D eigenvalue weighted by atomic mass is 35.5. The average molecular weight is 289 g/mol. The topological polar surface area (TPSA) is 34.1 Å². The lowest BCUT2D eigenvalue weighted by Gasteiger charge is -2.20. The first-order valence-corrected chi connectivity index (χ1v) is 8.65. The van der Waals surface area contributed by atoms with Gasteiger partial charge in [0.1, 0.15) is 0 Å². The van der Waals surface area contributed by atoms with Crippen LogP contribution in [0.3, 0.4) is 0 Å². The first kappa shape index (κ1) is 15.5. The second-order valence-corrected chi connectivity index (χ2v) is 7.55. The molecule has 102 valence electrons. The quantitative estimate of drug-likeness (QED) is 0.777. The molecule has 2 atom stereocenters. The molecule has 0 fully saturated rings. The van der Waals surface area contributed by atoms with E-state index in [0.29, 0.717) is 0 Å². The summed E-state index contributed by atoms with van der Waals surface area (Å²) in [6.07, 6.45) is 3.02. The minimum absolute atomic E-state index is 0.485. The van der Waals surface area contributed by atoms with Crippen LogP contribution in [0.15, 0.2) is 18.2 Å². The maximum atomic E-state index is 11.6. The summed E-state index contributed by atoms with van der Waals surface area (Å²) in [6.45, 7) is 5.80. The zero-order valence-corrected chi connectivity index (χ0v) is 13.0. The minimum Gasteiger partial charge on any atom is -0.229 e. The van der Waals surface area contributed by atoms with Crippen molar-refractivity contribution in [1.29, 1.82) is 0 Å². The molecule has 0 amide bonds. The smallest absolute Gasteiger partial charge is 0.151 e. The molecule has 0 aliphatic carbocycles. The molecular weight excluding hydrogens is 268 g/mol. The highest BCUT2D eigenvalue weighted by molar-refractivity contribution is 7.91. The molecule has 0 aliphatic heterocycles. The molecule has 0 radical (unpaired) electrons. The van der Waals surface area contributed by atoms with Gasteiger partial charge >= 0.3 is 0 Å². The molecule has 1 rings (SSSR count). The lowest BCUT2D eigenvalue weighted by Crippen LogP contribution is -2.22. The molecular formula is C14H21ClO2S. The highest BCUT2D eigenvalue weighted by Crippen LogP contribution is 2.32. The molecule has 0 saturated carbocycles. The van der Waals surface area contributed by atoms with Crippen molar-refractivity contribution in [3.63, 3.8) is 0 Å². The van der Waals surface area contributed by atoms with Crippen molar-refractivity contribution in [1.82, 2.24) is 0 Å². The van der Waals surface area contributed by atoms with Crippen LogP contribution < -0.4 is 0 Å². The molecule has 0 heterocycles. The minimum atomic E-state index is -3.13. The van der Waals surface area contributed by atoms with Gasteiger partial charge in [-0.15, -0.1) is 11.6 Å². The van der Waals surface area contributed by atoms with Gasteiger partial charge < -0.3 is 0 Å². The number of benzene rings is 1. The van der Waals surface area contributed by atoms with E-state index >= 15 is 0 Å². The van der Waals surface area contributed by atoms with Crippen molar-refractivity contribution in [3.05, 3.63) is 34.9 Å². The van der Waals surface area contributed by atoms with E-state index in [1.807, 2.05) is 6.07 Å². The Kier molecular flexibility index (Phi) is 5.23. The third-order valence-corrected chi connectivity index (χ3v) is 5.77. The number of rotatable bonds is 5. The van der Waals surface area contributed by atoms with E-state index in [9.17, 15) is 8.42 Å². The van der Waals surface area contributed by atoms with Crippen LogP contribution in [0, 0.1) is 0 Å². The van der Waals surface area contributed by atoms with Gasteiger partial charge in [-0.3, -0.25) is 0 Å². The van der Waals surface area contributed by atoms with Crippen LogP contribution in [-0.2, 0) is 22.7 Å². The molecule has 4 heteroatoms. The number of alkyl halides is 1. The summed E-state index contributed by atoms with van der Waals surface area (Å²) in [7, 11) is -3.13. The predicted octanol–water partition coefficient (Wildman–Crippen LogP) is 3.52. The molecule has 0 spiro atoms. The second-order valence-electron chi connectivity index (χ2n) is 4.68. The lowest BCUT2D eigenvalue weighted by molar-refractivity contribution is 0.586. The standard InChI is InChI=1S/C14H21ClO2S/c1-5-11-7-8-12(6-2)13(9-11)14(15)10(3)18(4,16)17/h7-10,14H,5-6H2,1-4H3. The Bertz CT molecular complexity index is 509. The van der Waals surface area contributed by atoms with Crippen LogP contribution in [0.2, 0.25) is 0 Å². The molecule has 0 N–H and O–H groups in total. The Morgan fingerprint density at radius 3 is 2.28 bits per heavy atom. The molecule has 2 nitrogen and oxygen atoms in total. The van der Waals surface area contributed by atoms with Crippen molar-refractivity contribution in [2.24, 2.45) is 0 Å². The first-order valence-electron chi connectivity index (χ1n) is 6.25. The van der Waals surface area contributed by atoms with Crippen LogP contribution in [0.5, 0.6) is 0 Å². The zero-order valence-electron chi connectivity index (χ0n) is 11.4. The van der Waals surface area contributed by atoms with E-state index in [1.165, 1.54) is 11.8 Å². The van der Waals surface area contributed by atoms with Gasteiger partial charge in [0.25, 0.3) is 0 Å². The van der Waals surface area contributed by atoms with Gasteiger partial charge in [0.05, 0.1) is 10.6 Å². The Labute approximate surface area is 115 Å². The fourth-order valence-electron chi connectivity index (χ4n) is 1.91. The Hall–Kier alpha value is -0.540. The summed E-state index contributed by atoms with van der Waals surface area (Å²) in [5.74, 6) is 0. The molecule has 0 aliphatic rings. The number of halogens is 1. The summed E-state index contributed by atoms with van der Waals surface area (Å²) in [4.78, 5) is 0. The molecule has 18 heavy (non-hydrogen) atoms. The van der Waals surface area contributed by atoms with Crippen molar-refractivity contribution in [2.75, 3.05) is 6.26 Å². The maximum absolute atomic E-state index is 11.6. The van der Waals surface area contributed by atoms with E-state index in [4.69, 9.17) is 11.6 Å². The van der Waals surface area contributed by atoms with Gasteiger partial charge in [0.15, 0.2) is 9.84 Å². The molecule has 0 saturated heterocycles. The monoisotopic (exact) mass is 288 g/mol. The third kappa shape index (κ3) is 3.48. The van der Waals surface area contributed by atoms with E-state index in [1.54, 1.807) is 6.92 Å². The van der Waals surface area contributed by atoms with E-state index in [2.05, 4.69) is 26.0 Å². The number of aryl methyl sites for hydroxylation is 2. The Balaban J connectivity index is 3.22. The van der Waals surface area contributed by atoms with E-state index in [-0.39, 0.29) is 0 Å². The summed E-state index contributed by atoms with van der Waals surface area (Å²) in [5.41, 5.74) is 3.27. The van der Waals surface area contributed by atoms with Crippen molar-refractivity contribution in [3.8, 4) is 0 Å². The fourth-order valence-corrected chi connectivity index (χ4v) is 3.26. The second kappa shape index (κ2) is 6.07. The maximum Gasteiger partial charge on any atom is 0.151 e. The molecule has 0 aromatic heterocycles.